The van der Waals surface area contributed by atoms with Gasteiger partial charge < -0.3 is 14.9 Å². The molecular formula is C16H18N4O2. The lowest BCUT2D eigenvalue weighted by atomic mass is 10.2. The van der Waals surface area contributed by atoms with E-state index in [4.69, 9.17) is 14.9 Å². The molecule has 2 N–H and O–H groups in total. The van der Waals surface area contributed by atoms with Crippen LogP contribution in [0.5, 0.6) is 5.75 Å². The number of oxazole rings is 1. The first-order valence-corrected chi connectivity index (χ1v) is 7.14. The van der Waals surface area contributed by atoms with E-state index in [1.54, 1.807) is 10.9 Å². The predicted octanol–water partition coefficient (Wildman–Crippen LogP) is 2.88. The Morgan fingerprint density at radius 1 is 1.32 bits per heavy atom. The average molecular weight is 298 g/mol. The third-order valence-corrected chi connectivity index (χ3v) is 3.28. The van der Waals surface area contributed by atoms with Gasteiger partial charge in [0.25, 0.3) is 0 Å². The van der Waals surface area contributed by atoms with Crippen LogP contribution in [-0.4, -0.2) is 21.4 Å². The first kappa shape index (κ1) is 14.2. The molecule has 0 aliphatic rings. The van der Waals surface area contributed by atoms with Gasteiger partial charge in [0.1, 0.15) is 23.5 Å². The number of hydrogen-bond donors (Lipinski definition) is 1. The largest absolute Gasteiger partial charge is 0.493 e. The van der Waals surface area contributed by atoms with Crippen molar-refractivity contribution in [2.24, 2.45) is 0 Å². The van der Waals surface area contributed by atoms with E-state index in [0.717, 1.165) is 22.7 Å². The summed E-state index contributed by atoms with van der Waals surface area (Å²) in [5, 5.41) is 4.22. The highest BCUT2D eigenvalue weighted by Crippen LogP contribution is 2.29. The van der Waals surface area contributed by atoms with Crippen molar-refractivity contribution < 1.29 is 9.15 Å². The molecule has 2 aromatic heterocycles. The zero-order valence-corrected chi connectivity index (χ0v) is 12.6. The molecule has 114 valence electrons. The van der Waals surface area contributed by atoms with E-state index in [9.17, 15) is 0 Å². The number of benzene rings is 1. The number of aromatic nitrogens is 3. The summed E-state index contributed by atoms with van der Waals surface area (Å²) >= 11 is 0. The normalized spacial score (nSPS) is 10.8. The van der Waals surface area contributed by atoms with Crippen LogP contribution in [0.3, 0.4) is 0 Å². The lowest BCUT2D eigenvalue weighted by molar-refractivity contribution is 0.340. The molecule has 0 atom stereocenters. The second-order valence-corrected chi connectivity index (χ2v) is 4.94. The third kappa shape index (κ3) is 2.81. The number of nitrogens with two attached hydrogens (primary N) is 1. The van der Waals surface area contributed by atoms with Crippen molar-refractivity contribution in [3.63, 3.8) is 0 Å². The zero-order valence-electron chi connectivity index (χ0n) is 12.6. The van der Waals surface area contributed by atoms with Gasteiger partial charge >= 0.3 is 0 Å². The highest BCUT2D eigenvalue weighted by Gasteiger charge is 2.13. The van der Waals surface area contributed by atoms with Gasteiger partial charge in [0.2, 0.25) is 5.89 Å². The number of ether oxygens (including phenoxy) is 1. The molecule has 0 amide bonds. The Bertz CT molecular complexity index is 776. The third-order valence-electron chi connectivity index (χ3n) is 3.28. The Labute approximate surface area is 128 Å². The van der Waals surface area contributed by atoms with Crippen molar-refractivity contribution in [2.45, 2.75) is 20.4 Å². The Morgan fingerprint density at radius 3 is 2.86 bits per heavy atom. The van der Waals surface area contributed by atoms with Crippen LogP contribution in [0.4, 0.5) is 5.82 Å². The summed E-state index contributed by atoms with van der Waals surface area (Å²) in [5.41, 5.74) is 8.30. The number of hydrogen-bond acceptors (Lipinski definition) is 5. The van der Waals surface area contributed by atoms with Gasteiger partial charge in [-0.1, -0.05) is 12.1 Å². The monoisotopic (exact) mass is 298 g/mol. The Balaban J connectivity index is 1.86. The van der Waals surface area contributed by atoms with Crippen LogP contribution in [0.15, 0.2) is 41.0 Å². The fraction of sp³-hybridized carbons (Fsp3) is 0.250. The second-order valence-electron chi connectivity index (χ2n) is 4.94. The lowest BCUT2D eigenvalue weighted by Crippen LogP contribution is -2.04. The van der Waals surface area contributed by atoms with Crippen molar-refractivity contribution in [2.75, 3.05) is 12.3 Å². The Kier molecular flexibility index (Phi) is 3.82. The number of nitrogen functional groups attached to an aromatic ring is 1. The maximum Gasteiger partial charge on any atom is 0.229 e. The zero-order chi connectivity index (χ0) is 15.5. The van der Waals surface area contributed by atoms with Crippen LogP contribution < -0.4 is 10.5 Å². The summed E-state index contributed by atoms with van der Waals surface area (Å²) in [7, 11) is 0. The fourth-order valence-electron chi connectivity index (χ4n) is 2.28. The predicted molar refractivity (Wildman–Crippen MR) is 83.6 cm³/mol. The van der Waals surface area contributed by atoms with E-state index >= 15 is 0 Å². The molecule has 6 heteroatoms. The summed E-state index contributed by atoms with van der Waals surface area (Å²) in [6.07, 6.45) is 1.63. The van der Waals surface area contributed by atoms with Gasteiger partial charge in [0, 0.05) is 11.8 Å². The summed E-state index contributed by atoms with van der Waals surface area (Å²) < 4.78 is 13.0. The maximum atomic E-state index is 5.69. The molecular weight excluding hydrogens is 280 g/mol. The number of rotatable bonds is 5. The molecule has 0 aliphatic heterocycles. The van der Waals surface area contributed by atoms with Gasteiger partial charge in [0.15, 0.2) is 0 Å². The first-order chi connectivity index (χ1) is 10.7. The summed E-state index contributed by atoms with van der Waals surface area (Å²) in [4.78, 5) is 4.52. The van der Waals surface area contributed by atoms with E-state index in [0.29, 0.717) is 24.9 Å². The second kappa shape index (κ2) is 5.93. The molecule has 0 aliphatic carbocycles. The minimum Gasteiger partial charge on any atom is -0.493 e. The van der Waals surface area contributed by atoms with Crippen LogP contribution in [0.1, 0.15) is 18.3 Å². The molecule has 2 heterocycles. The van der Waals surface area contributed by atoms with E-state index < -0.39 is 0 Å². The van der Waals surface area contributed by atoms with Gasteiger partial charge in [-0.2, -0.15) is 5.10 Å². The molecule has 22 heavy (non-hydrogen) atoms. The summed E-state index contributed by atoms with van der Waals surface area (Å²) in [6.45, 7) is 5.01. The van der Waals surface area contributed by atoms with Crippen molar-refractivity contribution >= 4 is 5.82 Å². The number of anilines is 1. The van der Waals surface area contributed by atoms with Crippen LogP contribution in [0.2, 0.25) is 0 Å². The molecule has 0 unspecified atom stereocenters. The molecule has 3 aromatic rings. The van der Waals surface area contributed by atoms with Crippen LogP contribution >= 0.6 is 0 Å². The van der Waals surface area contributed by atoms with Gasteiger partial charge in [0.05, 0.1) is 18.7 Å². The van der Waals surface area contributed by atoms with Gasteiger partial charge in [-0.05, 0) is 26.0 Å². The van der Waals surface area contributed by atoms with Crippen molar-refractivity contribution in [3.05, 3.63) is 48.0 Å². The topological polar surface area (TPSA) is 79.1 Å². The Morgan fingerprint density at radius 2 is 2.14 bits per heavy atom. The van der Waals surface area contributed by atoms with Crippen molar-refractivity contribution in [1.82, 2.24) is 14.8 Å². The minimum absolute atomic E-state index is 0.503. The molecule has 0 spiro atoms. The summed E-state index contributed by atoms with van der Waals surface area (Å²) in [5.74, 6) is 1.80. The quantitative estimate of drug-likeness (QED) is 0.783. The molecule has 0 saturated heterocycles. The maximum absolute atomic E-state index is 5.69. The first-order valence-electron chi connectivity index (χ1n) is 7.14. The fourth-order valence-corrected chi connectivity index (χ4v) is 2.28. The molecule has 6 nitrogen and oxygen atoms in total. The van der Waals surface area contributed by atoms with E-state index in [2.05, 4.69) is 10.1 Å². The lowest BCUT2D eigenvalue weighted by Gasteiger charge is -2.06. The number of aryl methyl sites for hydroxylation is 1. The Hall–Kier alpha value is -2.76. The van der Waals surface area contributed by atoms with Gasteiger partial charge in [-0.3, -0.25) is 4.68 Å². The highest BCUT2D eigenvalue weighted by molar-refractivity contribution is 5.62. The average Bonchev–Trinajstić information content (AvgIpc) is 3.07. The van der Waals surface area contributed by atoms with Crippen molar-refractivity contribution in [3.8, 4) is 17.2 Å². The van der Waals surface area contributed by atoms with Crippen LogP contribution in [-0.2, 0) is 6.54 Å². The summed E-state index contributed by atoms with van der Waals surface area (Å²) in [6, 6.07) is 9.51. The molecule has 0 bridgehead atoms. The molecule has 0 fully saturated rings. The van der Waals surface area contributed by atoms with Crippen LogP contribution in [0, 0.1) is 6.92 Å². The molecule has 0 saturated carbocycles. The minimum atomic E-state index is 0.503. The van der Waals surface area contributed by atoms with Crippen molar-refractivity contribution in [1.29, 1.82) is 0 Å². The van der Waals surface area contributed by atoms with E-state index in [1.807, 2.05) is 44.2 Å². The SMILES string of the molecule is CCOc1ccccc1-c1nc(Cn2nc(N)cc2C)co1. The van der Waals surface area contributed by atoms with E-state index in [1.165, 1.54) is 0 Å². The smallest absolute Gasteiger partial charge is 0.229 e. The number of nitrogens with zero attached hydrogens (tertiary/aromatic N) is 3. The van der Waals surface area contributed by atoms with Gasteiger partial charge in [-0.25, -0.2) is 4.98 Å². The number of para-hydroxylation sites is 1. The molecule has 3 rings (SSSR count). The molecule has 0 radical (unpaired) electrons. The van der Waals surface area contributed by atoms with E-state index in [-0.39, 0.29) is 0 Å². The van der Waals surface area contributed by atoms with Crippen LogP contribution in [0.25, 0.3) is 11.5 Å². The molecule has 1 aromatic carbocycles. The standard InChI is InChI=1S/C16H18N4O2/c1-3-21-14-7-5-4-6-13(14)16-18-12(10-22-16)9-20-11(2)8-15(17)19-20/h4-8,10H,3,9H2,1-2H3,(H2,17,19). The highest BCUT2D eigenvalue weighted by atomic mass is 16.5. The van der Waals surface area contributed by atoms with Gasteiger partial charge in [-0.15, -0.1) is 0 Å².